The number of sulfonamides is 1. The summed E-state index contributed by atoms with van der Waals surface area (Å²) in [6.45, 7) is 2.92. The zero-order valence-electron chi connectivity index (χ0n) is 15.7. The van der Waals surface area contributed by atoms with Gasteiger partial charge in [0.15, 0.2) is 6.61 Å². The van der Waals surface area contributed by atoms with Gasteiger partial charge in [0, 0.05) is 26.2 Å². The fourth-order valence-corrected chi connectivity index (χ4v) is 4.45. The average molecular weight is 406 g/mol. The smallest absolute Gasteiger partial charge is 0.260 e. The van der Waals surface area contributed by atoms with Crippen molar-refractivity contribution in [3.8, 4) is 5.75 Å². The number of nitrogens with zero attached hydrogens (tertiary/aromatic N) is 2. The number of rotatable bonds is 6. The first kappa shape index (κ1) is 20.3. The number of piperazine rings is 1. The minimum atomic E-state index is -3.69. The van der Waals surface area contributed by atoms with Crippen LogP contribution in [0.25, 0.3) is 0 Å². The van der Waals surface area contributed by atoms with Gasteiger partial charge in [-0.15, -0.1) is 0 Å². The molecular formula is C20H23FN2O4S. The van der Waals surface area contributed by atoms with Gasteiger partial charge in [0.1, 0.15) is 11.6 Å². The van der Waals surface area contributed by atoms with Gasteiger partial charge in [-0.25, -0.2) is 12.8 Å². The summed E-state index contributed by atoms with van der Waals surface area (Å²) in [6, 6.07) is 12.3. The van der Waals surface area contributed by atoms with Crippen LogP contribution in [-0.4, -0.2) is 56.3 Å². The van der Waals surface area contributed by atoms with E-state index in [1.165, 1.54) is 16.4 Å². The van der Waals surface area contributed by atoms with E-state index in [2.05, 4.69) is 0 Å². The van der Waals surface area contributed by atoms with Crippen LogP contribution in [0.2, 0.25) is 0 Å². The fourth-order valence-electron chi connectivity index (χ4n) is 3.03. The van der Waals surface area contributed by atoms with Gasteiger partial charge < -0.3 is 9.64 Å². The fraction of sp³-hybridized carbons (Fsp3) is 0.350. The lowest BCUT2D eigenvalue weighted by Crippen LogP contribution is -2.51. The third-order valence-electron chi connectivity index (χ3n) is 4.71. The van der Waals surface area contributed by atoms with Crippen LogP contribution in [0.4, 0.5) is 4.39 Å². The molecule has 0 aliphatic carbocycles. The molecule has 1 fully saturated rings. The van der Waals surface area contributed by atoms with Crippen molar-refractivity contribution in [3.63, 3.8) is 0 Å². The lowest BCUT2D eigenvalue weighted by atomic mass is 10.2. The Morgan fingerprint density at radius 2 is 1.75 bits per heavy atom. The predicted octanol–water partition coefficient (Wildman–Crippen LogP) is 2.30. The van der Waals surface area contributed by atoms with E-state index in [1.54, 1.807) is 11.0 Å². The van der Waals surface area contributed by atoms with E-state index in [0.29, 0.717) is 5.75 Å². The van der Waals surface area contributed by atoms with E-state index >= 15 is 0 Å². The highest BCUT2D eigenvalue weighted by atomic mass is 32.2. The van der Waals surface area contributed by atoms with Gasteiger partial charge in [-0.3, -0.25) is 4.79 Å². The van der Waals surface area contributed by atoms with Crippen LogP contribution in [0.15, 0.2) is 53.4 Å². The molecule has 1 aliphatic heterocycles. The molecule has 3 rings (SSSR count). The third-order valence-corrected chi connectivity index (χ3v) is 6.62. The van der Waals surface area contributed by atoms with E-state index in [1.807, 2.05) is 25.1 Å². The van der Waals surface area contributed by atoms with Crippen molar-refractivity contribution >= 4 is 15.9 Å². The molecule has 6 nitrogen and oxygen atoms in total. The second kappa shape index (κ2) is 8.70. The first-order valence-electron chi connectivity index (χ1n) is 9.15. The quantitative estimate of drug-likeness (QED) is 0.738. The Kier molecular flexibility index (Phi) is 6.31. The van der Waals surface area contributed by atoms with Crippen LogP contribution < -0.4 is 4.74 Å². The summed E-state index contributed by atoms with van der Waals surface area (Å²) in [6.07, 6.45) is 0.885. The van der Waals surface area contributed by atoms with E-state index in [4.69, 9.17) is 4.74 Å². The highest BCUT2D eigenvalue weighted by Crippen LogP contribution is 2.18. The summed E-state index contributed by atoms with van der Waals surface area (Å²) >= 11 is 0. The summed E-state index contributed by atoms with van der Waals surface area (Å²) in [5.74, 6) is -0.0233. The van der Waals surface area contributed by atoms with Crippen LogP contribution in [0, 0.1) is 5.82 Å². The van der Waals surface area contributed by atoms with E-state index in [0.717, 1.165) is 24.1 Å². The van der Waals surface area contributed by atoms with E-state index in [9.17, 15) is 17.6 Å². The molecule has 150 valence electrons. The van der Waals surface area contributed by atoms with Crippen LogP contribution in [0.3, 0.4) is 0 Å². The highest BCUT2D eigenvalue weighted by Gasteiger charge is 2.30. The second-order valence-corrected chi connectivity index (χ2v) is 8.47. The molecule has 2 aromatic carbocycles. The normalized spacial score (nSPS) is 15.4. The van der Waals surface area contributed by atoms with Crippen molar-refractivity contribution in [2.75, 3.05) is 32.8 Å². The lowest BCUT2D eigenvalue weighted by molar-refractivity contribution is -0.134. The molecule has 28 heavy (non-hydrogen) atoms. The number of ether oxygens (including phenoxy) is 1. The molecular weight excluding hydrogens is 383 g/mol. The van der Waals surface area contributed by atoms with Crippen LogP contribution >= 0.6 is 0 Å². The Labute approximate surface area is 164 Å². The first-order valence-corrected chi connectivity index (χ1v) is 10.6. The first-order chi connectivity index (χ1) is 13.4. The van der Waals surface area contributed by atoms with Crippen molar-refractivity contribution in [1.82, 2.24) is 9.21 Å². The molecule has 1 aliphatic rings. The average Bonchev–Trinajstić information content (AvgIpc) is 2.72. The summed E-state index contributed by atoms with van der Waals surface area (Å²) < 4.78 is 45.2. The SMILES string of the molecule is CCc1cccc(OCC(=O)N2CCN(S(=O)(=O)c3ccc(F)cc3)CC2)c1. The molecule has 0 unspecified atom stereocenters. The molecule has 1 amide bonds. The van der Waals surface area contributed by atoms with Crippen molar-refractivity contribution < 1.29 is 22.3 Å². The minimum Gasteiger partial charge on any atom is -0.484 e. The Balaban J connectivity index is 1.54. The monoisotopic (exact) mass is 406 g/mol. The Bertz CT molecular complexity index is 923. The number of carbonyl (C=O) groups is 1. The van der Waals surface area contributed by atoms with Crippen LogP contribution in [0.5, 0.6) is 5.75 Å². The van der Waals surface area contributed by atoms with Crippen molar-refractivity contribution in [1.29, 1.82) is 0 Å². The predicted molar refractivity (Wildman–Crippen MR) is 103 cm³/mol. The number of hydrogen-bond acceptors (Lipinski definition) is 4. The van der Waals surface area contributed by atoms with Gasteiger partial charge >= 0.3 is 0 Å². The lowest BCUT2D eigenvalue weighted by Gasteiger charge is -2.34. The van der Waals surface area contributed by atoms with E-state index < -0.39 is 15.8 Å². The largest absolute Gasteiger partial charge is 0.484 e. The van der Waals surface area contributed by atoms with Gasteiger partial charge in [0.2, 0.25) is 10.0 Å². The molecule has 0 radical (unpaired) electrons. The summed E-state index contributed by atoms with van der Waals surface area (Å²) in [5.41, 5.74) is 1.13. The molecule has 2 aromatic rings. The van der Waals surface area contributed by atoms with Crippen molar-refractivity contribution in [3.05, 3.63) is 59.9 Å². The molecule has 0 aromatic heterocycles. The van der Waals surface area contributed by atoms with Crippen LogP contribution in [-0.2, 0) is 21.2 Å². The second-order valence-electron chi connectivity index (χ2n) is 6.53. The maximum absolute atomic E-state index is 13.0. The van der Waals surface area contributed by atoms with Gasteiger partial charge in [-0.1, -0.05) is 19.1 Å². The number of benzene rings is 2. The molecule has 0 spiro atoms. The Morgan fingerprint density at radius 1 is 1.07 bits per heavy atom. The maximum Gasteiger partial charge on any atom is 0.260 e. The molecule has 8 heteroatoms. The summed E-state index contributed by atoms with van der Waals surface area (Å²) in [5, 5.41) is 0. The van der Waals surface area contributed by atoms with Gasteiger partial charge in [-0.2, -0.15) is 4.31 Å². The number of amides is 1. The minimum absolute atomic E-state index is 0.0489. The number of hydrogen-bond donors (Lipinski definition) is 0. The number of carbonyl (C=O) groups excluding carboxylic acids is 1. The molecule has 1 heterocycles. The van der Waals surface area contributed by atoms with Gasteiger partial charge in [-0.05, 0) is 48.4 Å². The molecule has 1 saturated heterocycles. The zero-order chi connectivity index (χ0) is 20.1. The molecule has 0 saturated carbocycles. The number of aryl methyl sites for hydroxylation is 1. The Hall–Kier alpha value is -2.45. The molecule has 0 N–H and O–H groups in total. The third kappa shape index (κ3) is 4.69. The molecule has 0 atom stereocenters. The van der Waals surface area contributed by atoms with E-state index in [-0.39, 0.29) is 43.6 Å². The topological polar surface area (TPSA) is 66.9 Å². The standard InChI is InChI=1S/C20H23FN2O4S/c1-2-16-4-3-5-18(14-16)27-15-20(24)22-10-12-23(13-11-22)28(25,26)19-8-6-17(21)7-9-19/h3-9,14H,2,10-13,15H2,1H3. The summed E-state index contributed by atoms with van der Waals surface area (Å²) in [7, 11) is -3.69. The van der Waals surface area contributed by atoms with Crippen molar-refractivity contribution in [2.24, 2.45) is 0 Å². The zero-order valence-corrected chi connectivity index (χ0v) is 16.5. The maximum atomic E-state index is 13.0. The van der Waals surface area contributed by atoms with Gasteiger partial charge in [0.05, 0.1) is 4.90 Å². The van der Waals surface area contributed by atoms with Crippen LogP contribution in [0.1, 0.15) is 12.5 Å². The van der Waals surface area contributed by atoms with Gasteiger partial charge in [0.25, 0.3) is 5.91 Å². The van der Waals surface area contributed by atoms with Crippen molar-refractivity contribution in [2.45, 2.75) is 18.2 Å². The summed E-state index contributed by atoms with van der Waals surface area (Å²) in [4.78, 5) is 14.0. The number of halogens is 1. The Morgan fingerprint density at radius 3 is 2.39 bits per heavy atom. The highest BCUT2D eigenvalue weighted by molar-refractivity contribution is 7.89. The molecule has 0 bridgehead atoms.